The molecule has 1 aromatic heterocycles. The summed E-state index contributed by atoms with van der Waals surface area (Å²) < 4.78 is 0. The first kappa shape index (κ1) is 16.2. The molecule has 1 amide bonds. The van der Waals surface area contributed by atoms with Crippen LogP contribution in [0.15, 0.2) is 24.4 Å². The fraction of sp³-hybridized carbons (Fsp3) is 0.438. The number of aliphatic hydroxyl groups is 1. The molecule has 6 heteroatoms. The molecule has 22 heavy (non-hydrogen) atoms. The van der Waals surface area contributed by atoms with Gasteiger partial charge in [0.15, 0.2) is 0 Å². The lowest BCUT2D eigenvalue weighted by atomic mass is 9.98. The molecular weight excluding hydrogens is 280 g/mol. The van der Waals surface area contributed by atoms with Gasteiger partial charge >= 0.3 is 0 Å². The van der Waals surface area contributed by atoms with E-state index >= 15 is 0 Å². The number of hydrogen-bond donors (Lipinski definition) is 3. The molecule has 1 aliphatic carbocycles. The number of anilines is 1. The number of aromatic nitrogens is 2. The Kier molecular flexibility index (Phi) is 5.66. The predicted molar refractivity (Wildman–Crippen MR) is 86.4 cm³/mol. The summed E-state index contributed by atoms with van der Waals surface area (Å²) in [6.45, 7) is 0. The molecule has 0 aliphatic heterocycles. The third-order valence-electron chi connectivity index (χ3n) is 3.67. The Hall–Kier alpha value is -2.21. The molecular formula is C16H22N4O2. The summed E-state index contributed by atoms with van der Waals surface area (Å²) in [6.07, 6.45) is 7.55. The largest absolute Gasteiger partial charge is 0.393 e. The number of amides is 1. The Bertz CT molecular complexity index is 639. The molecule has 1 heterocycles. The number of nitrogens with one attached hydrogen (secondary N) is 1. The maximum absolute atomic E-state index is 11.4. The highest BCUT2D eigenvalue weighted by atomic mass is 16.3. The van der Waals surface area contributed by atoms with Crippen molar-refractivity contribution >= 4 is 22.8 Å². The normalized spacial score (nSPS) is 15.0. The minimum absolute atomic E-state index is 0.0359. The highest BCUT2D eigenvalue weighted by Crippen LogP contribution is 2.16. The van der Waals surface area contributed by atoms with Crippen molar-refractivity contribution < 1.29 is 9.90 Å². The number of fused-ring (bicyclic) bond motifs is 1. The van der Waals surface area contributed by atoms with Gasteiger partial charge < -0.3 is 16.2 Å². The summed E-state index contributed by atoms with van der Waals surface area (Å²) in [5, 5.41) is 12.3. The van der Waals surface area contributed by atoms with E-state index in [1.165, 1.54) is 19.3 Å². The van der Waals surface area contributed by atoms with Crippen LogP contribution < -0.4 is 11.1 Å². The zero-order valence-corrected chi connectivity index (χ0v) is 12.7. The molecule has 1 saturated carbocycles. The second-order valence-corrected chi connectivity index (χ2v) is 5.37. The van der Waals surface area contributed by atoms with Crippen LogP contribution in [0.1, 0.15) is 42.5 Å². The van der Waals surface area contributed by atoms with Gasteiger partial charge in [0.2, 0.25) is 5.95 Å². The van der Waals surface area contributed by atoms with Gasteiger partial charge in [0, 0.05) is 24.2 Å². The maximum atomic E-state index is 11.4. The number of nitrogen functional groups attached to an aromatic ring is 1. The lowest BCUT2D eigenvalue weighted by molar-refractivity contribution is 0.0963. The first-order valence-electron chi connectivity index (χ1n) is 7.52. The van der Waals surface area contributed by atoms with Crippen molar-refractivity contribution in [1.82, 2.24) is 15.3 Å². The topological polar surface area (TPSA) is 101 Å². The second kappa shape index (κ2) is 7.70. The van der Waals surface area contributed by atoms with Crippen LogP contribution in [0.25, 0.3) is 10.9 Å². The van der Waals surface area contributed by atoms with Crippen molar-refractivity contribution in [2.45, 2.75) is 38.2 Å². The number of aliphatic hydroxyl groups excluding tert-OH is 1. The molecule has 1 aliphatic rings. The zero-order chi connectivity index (χ0) is 15.9. The van der Waals surface area contributed by atoms with Crippen LogP contribution in [0.2, 0.25) is 0 Å². The van der Waals surface area contributed by atoms with Gasteiger partial charge in [-0.1, -0.05) is 25.3 Å². The summed E-state index contributed by atoms with van der Waals surface area (Å²) in [5.74, 6) is 0.0608. The van der Waals surface area contributed by atoms with E-state index in [1.54, 1.807) is 31.4 Å². The number of benzene rings is 1. The monoisotopic (exact) mass is 302 g/mol. The molecule has 2 aromatic rings. The molecule has 118 valence electrons. The van der Waals surface area contributed by atoms with E-state index in [-0.39, 0.29) is 18.0 Å². The van der Waals surface area contributed by atoms with Gasteiger partial charge in [-0.2, -0.15) is 0 Å². The van der Waals surface area contributed by atoms with E-state index in [9.17, 15) is 4.79 Å². The van der Waals surface area contributed by atoms with Crippen molar-refractivity contribution in [1.29, 1.82) is 0 Å². The quantitative estimate of drug-likeness (QED) is 0.746. The van der Waals surface area contributed by atoms with Crippen LogP contribution in [-0.2, 0) is 0 Å². The Morgan fingerprint density at radius 2 is 2.05 bits per heavy atom. The number of carbonyl (C=O) groups is 1. The van der Waals surface area contributed by atoms with Crippen molar-refractivity contribution in [2.24, 2.45) is 0 Å². The van der Waals surface area contributed by atoms with Crippen LogP contribution in [0.4, 0.5) is 5.95 Å². The smallest absolute Gasteiger partial charge is 0.251 e. The average molecular weight is 302 g/mol. The SMILES string of the molecule is CNC(=O)c1ccc2cnc(N)nc2c1.OC1CCCCC1. The first-order valence-corrected chi connectivity index (χ1v) is 7.52. The highest BCUT2D eigenvalue weighted by Gasteiger charge is 2.07. The minimum atomic E-state index is -0.144. The van der Waals surface area contributed by atoms with Gasteiger partial charge in [-0.3, -0.25) is 4.79 Å². The summed E-state index contributed by atoms with van der Waals surface area (Å²) in [5.41, 5.74) is 6.69. The number of nitrogens with zero attached hydrogens (tertiary/aromatic N) is 2. The van der Waals surface area contributed by atoms with Crippen LogP contribution in [-0.4, -0.2) is 34.1 Å². The van der Waals surface area contributed by atoms with E-state index < -0.39 is 0 Å². The van der Waals surface area contributed by atoms with Crippen molar-refractivity contribution in [2.75, 3.05) is 12.8 Å². The van der Waals surface area contributed by atoms with Crippen LogP contribution in [0.3, 0.4) is 0 Å². The van der Waals surface area contributed by atoms with Crippen LogP contribution >= 0.6 is 0 Å². The Balaban J connectivity index is 0.000000211. The van der Waals surface area contributed by atoms with Crippen molar-refractivity contribution in [3.05, 3.63) is 30.0 Å². The molecule has 0 saturated heterocycles. The molecule has 6 nitrogen and oxygen atoms in total. The van der Waals surface area contributed by atoms with Crippen molar-refractivity contribution in [3.63, 3.8) is 0 Å². The molecule has 1 fully saturated rings. The van der Waals surface area contributed by atoms with E-state index in [0.29, 0.717) is 11.1 Å². The third-order valence-corrected chi connectivity index (χ3v) is 3.67. The van der Waals surface area contributed by atoms with Gasteiger partial charge in [0.05, 0.1) is 11.6 Å². The summed E-state index contributed by atoms with van der Waals surface area (Å²) in [4.78, 5) is 19.3. The van der Waals surface area contributed by atoms with Gasteiger partial charge in [-0.05, 0) is 25.0 Å². The molecule has 0 unspecified atom stereocenters. The van der Waals surface area contributed by atoms with E-state index in [1.807, 2.05) is 0 Å². The molecule has 4 N–H and O–H groups in total. The standard InChI is InChI=1S/C10H10N4O.C6H12O/c1-12-9(15)6-2-3-7-5-13-10(11)14-8(7)4-6;7-6-4-2-1-3-5-6/h2-5H,1H3,(H,12,15)(H2,11,13,14);6-7H,1-5H2. The number of hydrogen-bond acceptors (Lipinski definition) is 5. The van der Waals surface area contributed by atoms with Crippen LogP contribution in [0, 0.1) is 0 Å². The molecule has 0 spiro atoms. The summed E-state index contributed by atoms with van der Waals surface area (Å²) >= 11 is 0. The summed E-state index contributed by atoms with van der Waals surface area (Å²) in [6, 6.07) is 5.20. The summed E-state index contributed by atoms with van der Waals surface area (Å²) in [7, 11) is 1.58. The lowest BCUT2D eigenvalue weighted by Gasteiger charge is -2.14. The average Bonchev–Trinajstić information content (AvgIpc) is 2.54. The fourth-order valence-corrected chi connectivity index (χ4v) is 2.40. The van der Waals surface area contributed by atoms with E-state index in [2.05, 4.69) is 15.3 Å². The van der Waals surface area contributed by atoms with Crippen LogP contribution in [0.5, 0.6) is 0 Å². The highest BCUT2D eigenvalue weighted by molar-refractivity contribution is 5.97. The van der Waals surface area contributed by atoms with Gasteiger partial charge in [0.1, 0.15) is 0 Å². The molecule has 3 rings (SSSR count). The molecule has 0 bridgehead atoms. The van der Waals surface area contributed by atoms with Gasteiger partial charge in [0.25, 0.3) is 5.91 Å². The first-order chi connectivity index (χ1) is 10.6. The maximum Gasteiger partial charge on any atom is 0.251 e. The van der Waals surface area contributed by atoms with E-state index in [0.717, 1.165) is 18.2 Å². The Morgan fingerprint density at radius 1 is 1.32 bits per heavy atom. The molecule has 1 aromatic carbocycles. The molecule has 0 atom stereocenters. The fourth-order valence-electron chi connectivity index (χ4n) is 2.40. The molecule has 0 radical (unpaired) electrons. The second-order valence-electron chi connectivity index (χ2n) is 5.37. The van der Waals surface area contributed by atoms with Gasteiger partial charge in [-0.25, -0.2) is 9.97 Å². The van der Waals surface area contributed by atoms with E-state index in [4.69, 9.17) is 10.8 Å². The predicted octanol–water partition coefficient (Wildman–Crippen LogP) is 1.88. The number of nitrogens with two attached hydrogens (primary N) is 1. The van der Waals surface area contributed by atoms with Gasteiger partial charge in [-0.15, -0.1) is 0 Å². The lowest BCUT2D eigenvalue weighted by Crippen LogP contribution is -2.17. The number of carbonyl (C=O) groups excluding carboxylic acids is 1. The Morgan fingerprint density at radius 3 is 2.64 bits per heavy atom. The minimum Gasteiger partial charge on any atom is -0.393 e. The zero-order valence-electron chi connectivity index (χ0n) is 12.7. The van der Waals surface area contributed by atoms with Crippen molar-refractivity contribution in [3.8, 4) is 0 Å². The number of rotatable bonds is 1. The third kappa shape index (κ3) is 4.39. The Labute approximate surface area is 129 Å².